The van der Waals surface area contributed by atoms with Gasteiger partial charge in [-0.1, -0.05) is 49.9 Å². The maximum Gasteiger partial charge on any atom is 0.408 e. The third-order valence-corrected chi connectivity index (χ3v) is 10.7. The van der Waals surface area contributed by atoms with Gasteiger partial charge < -0.3 is 50.4 Å². The fraction of sp³-hybridized carbons (Fsp3) is 0.474. The number of thioether (sulfide) groups is 1. The second kappa shape index (κ2) is 16.5. The van der Waals surface area contributed by atoms with Crippen LogP contribution in [0.2, 0.25) is 0 Å². The Labute approximate surface area is 324 Å². The smallest absolute Gasteiger partial charge is 0.408 e. The van der Waals surface area contributed by atoms with Crippen LogP contribution in [0.3, 0.4) is 0 Å². The van der Waals surface area contributed by atoms with Crippen LogP contribution in [-0.4, -0.2) is 99.0 Å². The average Bonchev–Trinajstić information content (AvgIpc) is 3.97. The van der Waals surface area contributed by atoms with Crippen molar-refractivity contribution in [2.24, 2.45) is 5.92 Å². The summed E-state index contributed by atoms with van der Waals surface area (Å²) in [4.78, 5) is 78.0. The first-order chi connectivity index (χ1) is 26.2. The van der Waals surface area contributed by atoms with Gasteiger partial charge in [0.15, 0.2) is 0 Å². The Balaban J connectivity index is 1.05. The van der Waals surface area contributed by atoms with Crippen molar-refractivity contribution < 1.29 is 33.4 Å². The normalized spacial score (nSPS) is 19.8. The molecule has 5 amide bonds. The van der Waals surface area contributed by atoms with Crippen molar-refractivity contribution >= 4 is 46.6 Å². The van der Waals surface area contributed by atoms with E-state index in [0.29, 0.717) is 37.6 Å². The molecular weight excluding hydrogens is 727 g/mol. The second-order valence-electron chi connectivity index (χ2n) is 15.1. The Hall–Kier alpha value is -5.45. The molecule has 1 aromatic carbocycles. The van der Waals surface area contributed by atoms with Gasteiger partial charge in [-0.3, -0.25) is 14.4 Å². The van der Waals surface area contributed by atoms with Crippen molar-refractivity contribution in [2.45, 2.75) is 84.0 Å². The summed E-state index contributed by atoms with van der Waals surface area (Å²) in [5, 5.41) is 12.1. The highest BCUT2D eigenvalue weighted by Crippen LogP contribution is 2.43. The van der Waals surface area contributed by atoms with Crippen molar-refractivity contribution in [3.63, 3.8) is 0 Å². The molecule has 2 aromatic rings. The number of H-pyrrole nitrogens is 1. The molecule has 3 atom stereocenters. The van der Waals surface area contributed by atoms with Gasteiger partial charge in [0.25, 0.3) is 0 Å². The molecule has 5 N–H and O–H groups in total. The fourth-order valence-corrected chi connectivity index (χ4v) is 7.86. The first-order valence-electron chi connectivity index (χ1n) is 18.4. The Kier molecular flexibility index (Phi) is 11.8. The fourth-order valence-electron chi connectivity index (χ4n) is 6.88. The molecule has 294 valence electrons. The number of aromatic nitrogens is 2. The number of amides is 5. The van der Waals surface area contributed by atoms with Gasteiger partial charge >= 0.3 is 12.2 Å². The van der Waals surface area contributed by atoms with E-state index in [4.69, 9.17) is 9.47 Å². The monoisotopic (exact) mass is 775 g/mol. The van der Waals surface area contributed by atoms with Crippen LogP contribution in [0.1, 0.15) is 77.7 Å². The van der Waals surface area contributed by atoms with Gasteiger partial charge in [0, 0.05) is 30.4 Å². The Bertz CT molecular complexity index is 1900. The van der Waals surface area contributed by atoms with Crippen LogP contribution in [0.15, 0.2) is 59.9 Å². The van der Waals surface area contributed by atoms with Crippen molar-refractivity contribution in [2.75, 3.05) is 26.7 Å². The molecule has 2 saturated heterocycles. The summed E-state index contributed by atoms with van der Waals surface area (Å²) in [7, 11) is 1.28. The summed E-state index contributed by atoms with van der Waals surface area (Å²) in [6, 6.07) is 6.52. The van der Waals surface area contributed by atoms with Gasteiger partial charge in [-0.25, -0.2) is 14.6 Å². The number of carbonyl (C=O) groups excluding carboxylic acids is 5. The van der Waals surface area contributed by atoms with Crippen LogP contribution in [0.4, 0.5) is 9.59 Å². The highest BCUT2D eigenvalue weighted by atomic mass is 32.2. The number of alkyl carbamates (subject to hydrolysis) is 2. The maximum atomic E-state index is 13.5. The highest BCUT2D eigenvalue weighted by Gasteiger charge is 2.38. The molecule has 0 spiro atoms. The lowest BCUT2D eigenvalue weighted by Gasteiger charge is -2.30. The predicted octanol–water partition coefficient (Wildman–Crippen LogP) is 4.30. The van der Waals surface area contributed by atoms with Crippen LogP contribution < -0.4 is 21.3 Å². The van der Waals surface area contributed by atoms with Crippen molar-refractivity contribution in [3.8, 4) is 11.3 Å². The molecule has 5 heterocycles. The zero-order valence-corrected chi connectivity index (χ0v) is 32.7. The van der Waals surface area contributed by atoms with E-state index in [-0.39, 0.29) is 36.2 Å². The number of nitrogens with zero attached hydrogens (tertiary/aromatic N) is 4. The van der Waals surface area contributed by atoms with Crippen LogP contribution in [0, 0.1) is 5.92 Å². The molecule has 17 heteroatoms. The van der Waals surface area contributed by atoms with Gasteiger partial charge in [0.2, 0.25) is 17.7 Å². The summed E-state index contributed by atoms with van der Waals surface area (Å²) >= 11 is 1.58. The van der Waals surface area contributed by atoms with Gasteiger partial charge in [-0.2, -0.15) is 0 Å². The number of aromatic amines is 1. The van der Waals surface area contributed by atoms with Gasteiger partial charge in [0.1, 0.15) is 40.9 Å². The van der Waals surface area contributed by atoms with E-state index in [1.807, 2.05) is 55.4 Å². The number of hydrogen-bond donors (Lipinski definition) is 5. The second-order valence-corrected chi connectivity index (χ2v) is 16.1. The number of fused-ring (bicyclic) bond motifs is 1. The standard InChI is InChI=1S/C38H49N9O7S/c1-22(2)32(44-37(52)53-6)35(50)47-16-7-9-26(47)33-40-17-25(42-33)23-11-13-24(14-12-23)28-20-45-21-29(39-19-31(45)55-28)43-34(49)27-10-8-15-46(27)30(48)18-41-36(51)54-38(3,4)5/h11-14,17,19-22,26-27,32,39H,7-10,15-16,18H2,1-6H3,(H,40,42)(H,41,51)(H,43,49)(H,44,52)/t26-,27-,32-/m0/s1. The molecule has 0 radical (unpaired) electrons. The van der Waals surface area contributed by atoms with E-state index in [9.17, 15) is 24.0 Å². The van der Waals surface area contributed by atoms with Gasteiger partial charge in [0.05, 0.1) is 31.2 Å². The van der Waals surface area contributed by atoms with Crippen molar-refractivity contribution in [3.05, 3.63) is 71.3 Å². The Morgan fingerprint density at radius 2 is 1.69 bits per heavy atom. The van der Waals surface area contributed by atoms with Crippen molar-refractivity contribution in [1.29, 1.82) is 0 Å². The van der Waals surface area contributed by atoms with E-state index in [1.54, 1.807) is 49.8 Å². The summed E-state index contributed by atoms with van der Waals surface area (Å²) in [6.07, 6.45) is 8.86. The van der Waals surface area contributed by atoms with E-state index in [1.165, 1.54) is 12.0 Å². The molecule has 2 fully saturated rings. The lowest BCUT2D eigenvalue weighted by molar-refractivity contribution is -0.137. The highest BCUT2D eigenvalue weighted by molar-refractivity contribution is 8.12. The Morgan fingerprint density at radius 1 is 0.982 bits per heavy atom. The lowest BCUT2D eigenvalue weighted by Crippen LogP contribution is -2.51. The minimum Gasteiger partial charge on any atom is -0.453 e. The molecule has 0 saturated carbocycles. The molecule has 4 aliphatic heterocycles. The zero-order valence-electron chi connectivity index (χ0n) is 31.9. The van der Waals surface area contributed by atoms with Crippen LogP contribution in [0.5, 0.6) is 0 Å². The average molecular weight is 776 g/mol. The van der Waals surface area contributed by atoms with E-state index < -0.39 is 29.9 Å². The van der Waals surface area contributed by atoms with E-state index in [2.05, 4.69) is 31.2 Å². The first-order valence-corrected chi connectivity index (χ1v) is 19.3. The number of nitrogens with one attached hydrogen (secondary N) is 5. The van der Waals surface area contributed by atoms with Crippen LogP contribution in [0.25, 0.3) is 16.2 Å². The topological polar surface area (TPSA) is 190 Å². The molecule has 4 aliphatic rings. The molecule has 0 unspecified atom stereocenters. The number of carbonyl (C=O) groups is 5. The quantitative estimate of drug-likeness (QED) is 0.231. The summed E-state index contributed by atoms with van der Waals surface area (Å²) in [5.74, 6) is 0.247. The summed E-state index contributed by atoms with van der Waals surface area (Å²) in [6.45, 7) is 9.75. The predicted molar refractivity (Wildman–Crippen MR) is 206 cm³/mol. The number of likely N-dealkylation sites (tertiary alicyclic amines) is 2. The molecule has 0 bridgehead atoms. The molecule has 0 aliphatic carbocycles. The lowest BCUT2D eigenvalue weighted by atomic mass is 10.0. The Morgan fingerprint density at radius 3 is 2.40 bits per heavy atom. The minimum absolute atomic E-state index is 0.117. The number of hydrogen-bond acceptors (Lipinski definition) is 11. The number of imidazole rings is 1. The molecule has 55 heavy (non-hydrogen) atoms. The summed E-state index contributed by atoms with van der Waals surface area (Å²) < 4.78 is 9.95. The third-order valence-electron chi connectivity index (χ3n) is 9.58. The number of ether oxygens (including phenoxy) is 2. The van der Waals surface area contributed by atoms with Gasteiger partial charge in [-0.15, -0.1) is 0 Å². The first kappa shape index (κ1) is 39.2. The largest absolute Gasteiger partial charge is 0.453 e. The molecule has 1 aromatic heterocycles. The number of rotatable bonds is 10. The number of benzene rings is 1. The van der Waals surface area contributed by atoms with Crippen LogP contribution in [-0.2, 0) is 23.9 Å². The van der Waals surface area contributed by atoms with E-state index in [0.717, 1.165) is 39.6 Å². The van der Waals surface area contributed by atoms with Crippen molar-refractivity contribution in [1.82, 2.24) is 45.9 Å². The SMILES string of the molecule is COC(=O)N[C@H](C(=O)N1CCC[C@H]1c1ncc(-c2ccc(C3=CN4C=C(NC(=O)[C@@H]5CCCN5C(=O)CNC(=O)OC(C)(C)C)NC=C4S3)cc2)[nH]1)C(C)C. The zero-order chi connectivity index (χ0) is 39.4. The molecule has 16 nitrogen and oxygen atoms in total. The summed E-state index contributed by atoms with van der Waals surface area (Å²) in [5.41, 5.74) is 2.09. The van der Waals surface area contributed by atoms with Crippen LogP contribution >= 0.6 is 11.8 Å². The molecule has 6 rings (SSSR count). The van der Waals surface area contributed by atoms with E-state index >= 15 is 0 Å². The molecular formula is C38H49N9O7S. The minimum atomic E-state index is -0.701. The maximum absolute atomic E-state index is 13.5. The third kappa shape index (κ3) is 9.27. The number of methoxy groups -OCH3 is 1. The van der Waals surface area contributed by atoms with Gasteiger partial charge in [-0.05, 0) is 63.5 Å².